The zero-order chi connectivity index (χ0) is 10.9. The van der Waals surface area contributed by atoms with Crippen molar-refractivity contribution in [2.24, 2.45) is 0 Å². The summed E-state index contributed by atoms with van der Waals surface area (Å²) in [7, 11) is 1.72. The second-order valence-corrected chi connectivity index (χ2v) is 3.96. The third kappa shape index (κ3) is 5.17. The van der Waals surface area contributed by atoms with E-state index in [1.54, 1.807) is 7.11 Å². The Morgan fingerprint density at radius 1 is 1.33 bits per heavy atom. The number of hydrogen-bond acceptors (Lipinski definition) is 2. The number of rotatable bonds is 7. The standard InChI is InChI=1S/C12H18ClNO/c1-15-9-5-8-14-10-12(13)11-6-3-2-4-7-11/h2-4,6-7,12,14H,5,8-10H2,1H3. The van der Waals surface area contributed by atoms with Crippen LogP contribution in [0.3, 0.4) is 0 Å². The van der Waals surface area contributed by atoms with Crippen LogP contribution >= 0.6 is 11.6 Å². The van der Waals surface area contributed by atoms with E-state index in [-0.39, 0.29) is 5.38 Å². The van der Waals surface area contributed by atoms with Crippen molar-refractivity contribution < 1.29 is 4.74 Å². The van der Waals surface area contributed by atoms with Gasteiger partial charge in [-0.2, -0.15) is 0 Å². The molecule has 0 saturated carbocycles. The van der Waals surface area contributed by atoms with Gasteiger partial charge in [0.2, 0.25) is 0 Å². The first-order chi connectivity index (χ1) is 7.34. The second-order valence-electron chi connectivity index (χ2n) is 3.43. The van der Waals surface area contributed by atoms with Crippen molar-refractivity contribution in [2.45, 2.75) is 11.8 Å². The van der Waals surface area contributed by atoms with Gasteiger partial charge in [0.05, 0.1) is 5.38 Å². The largest absolute Gasteiger partial charge is 0.385 e. The van der Waals surface area contributed by atoms with Crippen molar-refractivity contribution in [1.82, 2.24) is 5.32 Å². The molecule has 0 aromatic heterocycles. The second kappa shape index (κ2) is 7.69. The fourth-order valence-corrected chi connectivity index (χ4v) is 1.60. The predicted octanol–water partition coefficient (Wildman–Crippen LogP) is 2.59. The van der Waals surface area contributed by atoms with Crippen molar-refractivity contribution in [3.63, 3.8) is 0 Å². The quantitative estimate of drug-likeness (QED) is 0.571. The highest BCUT2D eigenvalue weighted by molar-refractivity contribution is 6.21. The summed E-state index contributed by atoms with van der Waals surface area (Å²) in [5.74, 6) is 0. The number of hydrogen-bond donors (Lipinski definition) is 1. The zero-order valence-corrected chi connectivity index (χ0v) is 9.83. The molecule has 15 heavy (non-hydrogen) atoms. The highest BCUT2D eigenvalue weighted by Gasteiger charge is 2.05. The van der Waals surface area contributed by atoms with E-state index in [2.05, 4.69) is 17.4 Å². The van der Waals surface area contributed by atoms with Gasteiger partial charge in [-0.15, -0.1) is 11.6 Å². The summed E-state index contributed by atoms with van der Waals surface area (Å²) in [4.78, 5) is 0. The lowest BCUT2D eigenvalue weighted by Crippen LogP contribution is -2.21. The van der Waals surface area contributed by atoms with E-state index < -0.39 is 0 Å². The maximum Gasteiger partial charge on any atom is 0.0709 e. The molecule has 0 fully saturated rings. The highest BCUT2D eigenvalue weighted by atomic mass is 35.5. The van der Waals surface area contributed by atoms with E-state index in [1.165, 1.54) is 5.56 Å². The molecule has 84 valence electrons. The van der Waals surface area contributed by atoms with Crippen LogP contribution in [0.1, 0.15) is 17.4 Å². The van der Waals surface area contributed by atoms with Gasteiger partial charge >= 0.3 is 0 Å². The van der Waals surface area contributed by atoms with Gasteiger partial charge in [-0.3, -0.25) is 0 Å². The number of alkyl halides is 1. The molecule has 0 aliphatic carbocycles. The molecule has 0 spiro atoms. The fraction of sp³-hybridized carbons (Fsp3) is 0.500. The molecule has 0 bridgehead atoms. The molecule has 1 N–H and O–H groups in total. The average molecular weight is 228 g/mol. The molecule has 1 unspecified atom stereocenters. The minimum atomic E-state index is 0.0498. The molecule has 1 aromatic carbocycles. The number of halogens is 1. The van der Waals surface area contributed by atoms with E-state index in [0.717, 1.165) is 26.1 Å². The number of benzene rings is 1. The van der Waals surface area contributed by atoms with Crippen molar-refractivity contribution in [3.8, 4) is 0 Å². The molecule has 0 heterocycles. The molecule has 1 aromatic rings. The summed E-state index contributed by atoms with van der Waals surface area (Å²) in [5.41, 5.74) is 1.17. The van der Waals surface area contributed by atoms with E-state index in [4.69, 9.17) is 16.3 Å². The van der Waals surface area contributed by atoms with Crippen molar-refractivity contribution in [1.29, 1.82) is 0 Å². The molecule has 1 atom stereocenters. The Morgan fingerprint density at radius 3 is 2.73 bits per heavy atom. The van der Waals surface area contributed by atoms with Crippen LogP contribution in [0.25, 0.3) is 0 Å². The van der Waals surface area contributed by atoms with Crippen LogP contribution < -0.4 is 5.32 Å². The molecule has 1 rings (SSSR count). The topological polar surface area (TPSA) is 21.3 Å². The number of nitrogens with one attached hydrogen (secondary N) is 1. The molecule has 0 saturated heterocycles. The Morgan fingerprint density at radius 2 is 2.07 bits per heavy atom. The third-order valence-corrected chi connectivity index (χ3v) is 2.59. The normalized spacial score (nSPS) is 12.7. The summed E-state index contributed by atoms with van der Waals surface area (Å²) in [6.07, 6.45) is 1.02. The lowest BCUT2D eigenvalue weighted by atomic mass is 10.1. The van der Waals surface area contributed by atoms with Crippen molar-refractivity contribution in [2.75, 3.05) is 26.8 Å². The highest BCUT2D eigenvalue weighted by Crippen LogP contribution is 2.18. The summed E-state index contributed by atoms with van der Waals surface area (Å²) in [6, 6.07) is 10.1. The number of ether oxygens (including phenoxy) is 1. The lowest BCUT2D eigenvalue weighted by molar-refractivity contribution is 0.194. The minimum Gasteiger partial charge on any atom is -0.385 e. The summed E-state index contributed by atoms with van der Waals surface area (Å²) >= 11 is 6.23. The van der Waals surface area contributed by atoms with Crippen LogP contribution in [-0.4, -0.2) is 26.8 Å². The van der Waals surface area contributed by atoms with Crippen LogP contribution in [0.4, 0.5) is 0 Å². The van der Waals surface area contributed by atoms with Crippen molar-refractivity contribution in [3.05, 3.63) is 35.9 Å². The maximum atomic E-state index is 6.23. The maximum absolute atomic E-state index is 6.23. The van der Waals surface area contributed by atoms with Gasteiger partial charge in [0.25, 0.3) is 0 Å². The summed E-state index contributed by atoms with van der Waals surface area (Å²) < 4.78 is 4.96. The van der Waals surface area contributed by atoms with Crippen LogP contribution in [0.15, 0.2) is 30.3 Å². The summed E-state index contributed by atoms with van der Waals surface area (Å²) in [6.45, 7) is 2.55. The number of methoxy groups -OCH3 is 1. The molecule has 0 aliphatic heterocycles. The van der Waals surface area contributed by atoms with Gasteiger partial charge in [0, 0.05) is 20.3 Å². The first-order valence-electron chi connectivity index (χ1n) is 5.23. The zero-order valence-electron chi connectivity index (χ0n) is 9.08. The average Bonchev–Trinajstić information content (AvgIpc) is 2.30. The molecule has 2 nitrogen and oxygen atoms in total. The van der Waals surface area contributed by atoms with Gasteiger partial charge in [-0.1, -0.05) is 30.3 Å². The first kappa shape index (κ1) is 12.5. The fourth-order valence-electron chi connectivity index (χ4n) is 1.35. The van der Waals surface area contributed by atoms with Crippen LogP contribution in [-0.2, 0) is 4.74 Å². The van der Waals surface area contributed by atoms with Gasteiger partial charge in [-0.25, -0.2) is 0 Å². The molecule has 0 radical (unpaired) electrons. The Kier molecular flexibility index (Phi) is 6.41. The van der Waals surface area contributed by atoms with E-state index >= 15 is 0 Å². The predicted molar refractivity (Wildman–Crippen MR) is 64.4 cm³/mol. The Balaban J connectivity index is 2.16. The Hall–Kier alpha value is -0.570. The molecular weight excluding hydrogens is 210 g/mol. The van der Waals surface area contributed by atoms with Gasteiger partial charge < -0.3 is 10.1 Å². The van der Waals surface area contributed by atoms with Crippen LogP contribution in [0.2, 0.25) is 0 Å². The smallest absolute Gasteiger partial charge is 0.0709 e. The Bertz CT molecular complexity index is 253. The summed E-state index contributed by atoms with van der Waals surface area (Å²) in [5, 5.41) is 3.36. The molecular formula is C12H18ClNO. The SMILES string of the molecule is COCCCNCC(Cl)c1ccccc1. The molecule has 3 heteroatoms. The monoisotopic (exact) mass is 227 g/mol. The first-order valence-corrected chi connectivity index (χ1v) is 5.67. The molecule has 0 aliphatic rings. The lowest BCUT2D eigenvalue weighted by Gasteiger charge is -2.10. The van der Waals surface area contributed by atoms with Gasteiger partial charge in [-0.05, 0) is 18.5 Å². The third-order valence-electron chi connectivity index (χ3n) is 2.19. The minimum absolute atomic E-state index is 0.0498. The van der Waals surface area contributed by atoms with E-state index in [0.29, 0.717) is 0 Å². The van der Waals surface area contributed by atoms with Crippen molar-refractivity contribution >= 4 is 11.6 Å². The Labute approximate surface area is 96.6 Å². The van der Waals surface area contributed by atoms with Crippen LogP contribution in [0.5, 0.6) is 0 Å². The van der Waals surface area contributed by atoms with Gasteiger partial charge in [0.1, 0.15) is 0 Å². The van der Waals surface area contributed by atoms with Crippen LogP contribution in [0, 0.1) is 0 Å². The van der Waals surface area contributed by atoms with E-state index in [9.17, 15) is 0 Å². The van der Waals surface area contributed by atoms with Gasteiger partial charge in [0.15, 0.2) is 0 Å². The van der Waals surface area contributed by atoms with E-state index in [1.807, 2.05) is 18.2 Å². The molecule has 0 amide bonds.